The maximum Gasteiger partial charge on any atom is 0.320 e. The molecule has 0 aliphatic carbocycles. The van der Waals surface area contributed by atoms with Crippen molar-refractivity contribution in [2.45, 2.75) is 24.7 Å². The summed E-state index contributed by atoms with van der Waals surface area (Å²) in [6.07, 6.45) is 7.13. The molecule has 1 N–H and O–H groups in total. The number of halogens is 2. The second-order valence-electron chi connectivity index (χ2n) is 7.13. The maximum atomic E-state index is 13.1. The van der Waals surface area contributed by atoms with Crippen LogP contribution >= 0.6 is 0 Å². The summed E-state index contributed by atoms with van der Waals surface area (Å²) in [7, 11) is 0. The molecule has 2 saturated heterocycles. The number of piperidine rings is 1. The summed E-state index contributed by atoms with van der Waals surface area (Å²) in [5, 5.41) is 0. The van der Waals surface area contributed by atoms with E-state index in [1.54, 1.807) is 17.3 Å². The Hall–Kier alpha value is -2.71. The third kappa shape index (κ3) is 2.33. The molecule has 2 aliphatic rings. The van der Waals surface area contributed by atoms with Crippen molar-refractivity contribution < 1.29 is 13.6 Å². The SMILES string of the molecule is O=C(N1CCC[C@@H](c2ncc3cnc4[nH]ccc4n23)C1)N1CC(F)(F)C1. The topological polar surface area (TPSA) is 69.5 Å². The zero-order chi connectivity index (χ0) is 17.9. The highest BCUT2D eigenvalue weighted by Gasteiger charge is 2.47. The molecule has 2 aliphatic heterocycles. The number of rotatable bonds is 1. The highest BCUT2D eigenvalue weighted by atomic mass is 19.3. The van der Waals surface area contributed by atoms with Gasteiger partial charge in [-0.3, -0.25) is 4.40 Å². The van der Waals surface area contributed by atoms with E-state index in [9.17, 15) is 13.6 Å². The number of nitrogens with one attached hydrogen (secondary N) is 1. The third-order valence-corrected chi connectivity index (χ3v) is 5.26. The van der Waals surface area contributed by atoms with Crippen molar-refractivity contribution in [2.75, 3.05) is 26.2 Å². The van der Waals surface area contributed by atoms with E-state index < -0.39 is 19.0 Å². The lowest BCUT2D eigenvalue weighted by molar-refractivity contribution is -0.114. The first-order chi connectivity index (χ1) is 12.5. The van der Waals surface area contributed by atoms with Crippen molar-refractivity contribution >= 4 is 22.7 Å². The Labute approximate surface area is 147 Å². The number of imidazole rings is 1. The molecule has 5 heterocycles. The van der Waals surface area contributed by atoms with Crippen molar-refractivity contribution in [3.05, 3.63) is 30.5 Å². The Morgan fingerprint density at radius 2 is 2.04 bits per heavy atom. The minimum Gasteiger partial charge on any atom is -0.345 e. The lowest BCUT2D eigenvalue weighted by Crippen LogP contribution is -2.62. The normalized spacial score (nSPS) is 22.8. The van der Waals surface area contributed by atoms with E-state index in [1.165, 1.54) is 4.90 Å². The summed E-state index contributed by atoms with van der Waals surface area (Å²) in [6.45, 7) is 0.139. The molecule has 136 valence electrons. The summed E-state index contributed by atoms with van der Waals surface area (Å²) in [6, 6.07) is 1.66. The number of alkyl halides is 2. The monoisotopic (exact) mass is 360 g/mol. The Morgan fingerprint density at radius 3 is 2.85 bits per heavy atom. The smallest absolute Gasteiger partial charge is 0.320 e. The predicted octanol–water partition coefficient (Wildman–Crippen LogP) is 2.46. The van der Waals surface area contributed by atoms with Crippen molar-refractivity contribution in [1.29, 1.82) is 0 Å². The van der Waals surface area contributed by atoms with E-state index in [4.69, 9.17) is 0 Å². The number of carbonyl (C=O) groups excluding carboxylic acids is 1. The number of hydrogen-bond donors (Lipinski definition) is 1. The van der Waals surface area contributed by atoms with Crippen molar-refractivity contribution in [3.63, 3.8) is 0 Å². The number of carbonyl (C=O) groups is 1. The first kappa shape index (κ1) is 15.5. The molecule has 9 heteroatoms. The summed E-state index contributed by atoms with van der Waals surface area (Å²) in [4.78, 5) is 27.4. The maximum absolute atomic E-state index is 13.1. The lowest BCUT2D eigenvalue weighted by atomic mass is 9.97. The minimum atomic E-state index is -2.74. The average molecular weight is 360 g/mol. The van der Waals surface area contributed by atoms with Crippen LogP contribution in [0.15, 0.2) is 24.7 Å². The van der Waals surface area contributed by atoms with Crippen LogP contribution in [0.4, 0.5) is 13.6 Å². The molecule has 0 aromatic carbocycles. The first-order valence-electron chi connectivity index (χ1n) is 8.73. The zero-order valence-electron chi connectivity index (χ0n) is 14.0. The van der Waals surface area contributed by atoms with Gasteiger partial charge in [-0.1, -0.05) is 0 Å². The molecule has 2 amide bonds. The number of fused-ring (bicyclic) bond motifs is 3. The molecule has 2 fully saturated rings. The van der Waals surface area contributed by atoms with Crippen LogP contribution < -0.4 is 0 Å². The van der Waals surface area contributed by atoms with E-state index in [1.807, 2.05) is 12.3 Å². The van der Waals surface area contributed by atoms with Gasteiger partial charge in [0.1, 0.15) is 5.82 Å². The number of amides is 2. The number of H-pyrrole nitrogens is 1. The van der Waals surface area contributed by atoms with E-state index >= 15 is 0 Å². The lowest BCUT2D eigenvalue weighted by Gasteiger charge is -2.43. The number of nitrogens with zero attached hydrogens (tertiary/aromatic N) is 5. The van der Waals surface area contributed by atoms with E-state index in [2.05, 4.69) is 19.4 Å². The molecular formula is C17H18F2N6O. The van der Waals surface area contributed by atoms with Crippen molar-refractivity contribution in [1.82, 2.24) is 29.2 Å². The van der Waals surface area contributed by atoms with Gasteiger partial charge in [-0.2, -0.15) is 0 Å². The molecule has 1 atom stereocenters. The number of likely N-dealkylation sites (tertiary alicyclic amines) is 2. The first-order valence-corrected chi connectivity index (χ1v) is 8.73. The molecule has 0 saturated carbocycles. The van der Waals surface area contributed by atoms with Gasteiger partial charge in [-0.05, 0) is 18.9 Å². The largest absolute Gasteiger partial charge is 0.345 e. The van der Waals surface area contributed by atoms with Gasteiger partial charge in [0.25, 0.3) is 5.92 Å². The highest BCUT2D eigenvalue weighted by Crippen LogP contribution is 2.32. The van der Waals surface area contributed by atoms with Crippen LogP contribution in [0, 0.1) is 0 Å². The summed E-state index contributed by atoms with van der Waals surface area (Å²) in [5.41, 5.74) is 2.63. The molecule has 0 bridgehead atoms. The Morgan fingerprint density at radius 1 is 1.23 bits per heavy atom. The molecule has 0 radical (unpaired) electrons. The second-order valence-corrected chi connectivity index (χ2v) is 7.13. The van der Waals surface area contributed by atoms with E-state index in [0.717, 1.165) is 35.3 Å². The Kier molecular flexibility index (Phi) is 3.22. The van der Waals surface area contributed by atoms with Crippen LogP contribution in [0.3, 0.4) is 0 Å². The third-order valence-electron chi connectivity index (χ3n) is 5.26. The van der Waals surface area contributed by atoms with Crippen LogP contribution in [0.25, 0.3) is 16.7 Å². The van der Waals surface area contributed by atoms with Gasteiger partial charge >= 0.3 is 6.03 Å². The molecule has 3 aromatic heterocycles. The van der Waals surface area contributed by atoms with Crippen LogP contribution in [-0.4, -0.2) is 67.3 Å². The molecule has 0 unspecified atom stereocenters. The predicted molar refractivity (Wildman–Crippen MR) is 90.3 cm³/mol. The fraction of sp³-hybridized carbons (Fsp3) is 0.471. The van der Waals surface area contributed by atoms with Gasteiger partial charge in [0.15, 0.2) is 5.65 Å². The van der Waals surface area contributed by atoms with Crippen LogP contribution in [0.1, 0.15) is 24.6 Å². The zero-order valence-corrected chi connectivity index (χ0v) is 14.0. The molecule has 26 heavy (non-hydrogen) atoms. The molecular weight excluding hydrogens is 342 g/mol. The fourth-order valence-electron chi connectivity index (χ4n) is 4.00. The fourth-order valence-corrected chi connectivity index (χ4v) is 4.00. The summed E-state index contributed by atoms with van der Waals surface area (Å²) < 4.78 is 28.2. The molecule has 5 rings (SSSR count). The molecule has 7 nitrogen and oxygen atoms in total. The van der Waals surface area contributed by atoms with Crippen molar-refractivity contribution in [3.8, 4) is 0 Å². The molecule has 0 spiro atoms. The highest BCUT2D eigenvalue weighted by molar-refractivity contribution is 5.76. The van der Waals surface area contributed by atoms with Crippen LogP contribution in [0.5, 0.6) is 0 Å². The van der Waals surface area contributed by atoms with E-state index in [-0.39, 0.29) is 11.9 Å². The molecule has 3 aromatic rings. The van der Waals surface area contributed by atoms with Crippen LogP contribution in [0.2, 0.25) is 0 Å². The number of aromatic nitrogens is 4. The summed E-state index contributed by atoms with van der Waals surface area (Å²) in [5.74, 6) is -1.78. The van der Waals surface area contributed by atoms with E-state index in [0.29, 0.717) is 13.1 Å². The van der Waals surface area contributed by atoms with Gasteiger partial charge in [-0.15, -0.1) is 0 Å². The van der Waals surface area contributed by atoms with Crippen molar-refractivity contribution in [2.24, 2.45) is 0 Å². The van der Waals surface area contributed by atoms with Gasteiger partial charge < -0.3 is 14.8 Å². The summed E-state index contributed by atoms with van der Waals surface area (Å²) >= 11 is 0. The number of aromatic amines is 1. The van der Waals surface area contributed by atoms with Crippen LogP contribution in [-0.2, 0) is 0 Å². The van der Waals surface area contributed by atoms with Gasteiger partial charge in [-0.25, -0.2) is 23.5 Å². The standard InChI is InChI=1S/C17H18F2N6O/c18-17(19)9-24(10-17)16(26)23-5-1-2-11(8-23)15-22-7-12-6-21-14-13(25(12)15)3-4-20-14/h3-4,6-7,11,20H,1-2,5,8-10H2/t11-/m1/s1. The van der Waals surface area contributed by atoms with Gasteiger partial charge in [0.2, 0.25) is 0 Å². The Balaban J connectivity index is 1.43. The second kappa shape index (κ2) is 5.39. The number of urea groups is 1. The Bertz CT molecular complexity index is 988. The average Bonchev–Trinajstić information content (AvgIpc) is 3.24. The quantitative estimate of drug-likeness (QED) is 0.725. The number of hydrogen-bond acceptors (Lipinski definition) is 3. The minimum absolute atomic E-state index is 0.0671. The van der Waals surface area contributed by atoms with Gasteiger partial charge in [0.05, 0.1) is 36.5 Å². The van der Waals surface area contributed by atoms with Gasteiger partial charge in [0, 0.05) is 25.2 Å².